The number of aliphatic hydroxyl groups is 2. The van der Waals surface area contributed by atoms with E-state index in [2.05, 4.69) is 16.1 Å². The lowest BCUT2D eigenvalue weighted by Gasteiger charge is -2.38. The summed E-state index contributed by atoms with van der Waals surface area (Å²) in [6, 6.07) is 8.12. The average Bonchev–Trinajstić information content (AvgIpc) is 3.65. The van der Waals surface area contributed by atoms with Gasteiger partial charge in [-0.25, -0.2) is 0 Å². The molecule has 2 saturated carbocycles. The van der Waals surface area contributed by atoms with E-state index in [4.69, 9.17) is 4.52 Å². The standard InChI is InChI=1S/C29H37N3O5/c33-26-20-13-21(27(26)34)24-23(20)28(35)32(29(24)36)15-18-6-2-1-5-17(18)14-31-11-9-16(10-12-31)25-19-7-3-4-8-22(19)37-30-25/h3-4,7-8,16-18,20-21,26-27,33-36H,1-2,5-6,9-15H2/t17-,18-,20?,21?,26?,27?/m1/s1. The van der Waals surface area contributed by atoms with E-state index < -0.39 is 12.2 Å². The second kappa shape index (κ2) is 9.03. The van der Waals surface area contributed by atoms with E-state index >= 15 is 0 Å². The Morgan fingerprint density at radius 1 is 0.838 bits per heavy atom. The highest BCUT2D eigenvalue weighted by molar-refractivity contribution is 5.79. The van der Waals surface area contributed by atoms with Crippen molar-refractivity contribution >= 4 is 11.0 Å². The zero-order chi connectivity index (χ0) is 25.3. The number of rotatable bonds is 5. The van der Waals surface area contributed by atoms with Crippen molar-refractivity contribution in [3.63, 3.8) is 0 Å². The molecule has 1 aliphatic heterocycles. The summed E-state index contributed by atoms with van der Waals surface area (Å²) in [5.41, 5.74) is 3.29. The third-order valence-electron chi connectivity index (χ3n) is 10.1. The van der Waals surface area contributed by atoms with Crippen LogP contribution in [-0.2, 0) is 6.54 Å². The van der Waals surface area contributed by atoms with Crippen molar-refractivity contribution in [1.82, 2.24) is 14.6 Å². The van der Waals surface area contributed by atoms with E-state index in [9.17, 15) is 20.4 Å². The zero-order valence-electron chi connectivity index (χ0n) is 21.2. The number of nitrogens with zero attached hydrogens (tertiary/aromatic N) is 3. The van der Waals surface area contributed by atoms with Crippen LogP contribution in [-0.4, -0.2) is 66.9 Å². The molecule has 4 aliphatic rings. The fourth-order valence-corrected chi connectivity index (χ4v) is 8.06. The van der Waals surface area contributed by atoms with Crippen molar-refractivity contribution < 1.29 is 24.9 Å². The third-order valence-corrected chi connectivity index (χ3v) is 10.1. The number of aromatic nitrogens is 2. The summed E-state index contributed by atoms with van der Waals surface area (Å²) in [5.74, 6) is 0.941. The topological polar surface area (TPSA) is 115 Å². The van der Waals surface area contributed by atoms with Gasteiger partial charge in [0.1, 0.15) is 0 Å². The van der Waals surface area contributed by atoms with E-state index in [1.54, 1.807) is 4.57 Å². The van der Waals surface area contributed by atoms with Crippen LogP contribution in [0.5, 0.6) is 11.8 Å². The number of likely N-dealkylation sites (tertiary alicyclic amines) is 1. The third kappa shape index (κ3) is 3.71. The Labute approximate surface area is 216 Å². The molecule has 2 aromatic heterocycles. The summed E-state index contributed by atoms with van der Waals surface area (Å²) in [7, 11) is 0. The predicted molar refractivity (Wildman–Crippen MR) is 138 cm³/mol. The highest BCUT2D eigenvalue weighted by atomic mass is 16.5. The maximum atomic E-state index is 11.1. The number of fused-ring (bicyclic) bond motifs is 6. The van der Waals surface area contributed by atoms with Gasteiger partial charge in [-0.2, -0.15) is 0 Å². The van der Waals surface area contributed by atoms with Gasteiger partial charge < -0.3 is 29.8 Å². The molecule has 37 heavy (non-hydrogen) atoms. The van der Waals surface area contributed by atoms with Gasteiger partial charge in [-0.3, -0.25) is 4.57 Å². The van der Waals surface area contributed by atoms with E-state index in [1.807, 2.05) is 18.2 Å². The Morgan fingerprint density at radius 3 is 2.14 bits per heavy atom. The van der Waals surface area contributed by atoms with E-state index in [0.717, 1.165) is 55.6 Å². The lowest BCUT2D eigenvalue weighted by molar-refractivity contribution is 0.0211. The second-order valence-electron chi connectivity index (χ2n) is 12.0. The number of aliphatic hydroxyl groups excluding tert-OH is 2. The fraction of sp³-hybridized carbons (Fsp3) is 0.621. The van der Waals surface area contributed by atoms with E-state index in [0.29, 0.717) is 41.8 Å². The molecule has 1 aromatic carbocycles. The Hall–Kier alpha value is -2.55. The van der Waals surface area contributed by atoms with Crippen molar-refractivity contribution in [1.29, 1.82) is 0 Å². The van der Waals surface area contributed by atoms with Crippen LogP contribution in [0.25, 0.3) is 11.0 Å². The number of hydrogen-bond donors (Lipinski definition) is 4. The number of aromatic hydroxyl groups is 2. The SMILES string of the molecule is Oc1c2c(c(O)n1C[C@H]1CCCC[C@@H]1CN1CCC(c3noc4ccccc34)CC1)C1CC2C(O)C1O. The summed E-state index contributed by atoms with van der Waals surface area (Å²) in [5, 5.41) is 48.4. The zero-order valence-corrected chi connectivity index (χ0v) is 21.2. The van der Waals surface area contributed by atoms with Gasteiger partial charge in [0.2, 0.25) is 0 Å². The molecule has 3 fully saturated rings. The summed E-state index contributed by atoms with van der Waals surface area (Å²) < 4.78 is 7.22. The first-order chi connectivity index (χ1) is 18.0. The molecule has 6 atom stereocenters. The van der Waals surface area contributed by atoms with Crippen molar-refractivity contribution in [2.75, 3.05) is 19.6 Å². The lowest BCUT2D eigenvalue weighted by atomic mass is 9.78. The van der Waals surface area contributed by atoms with Crippen LogP contribution in [0.2, 0.25) is 0 Å². The van der Waals surface area contributed by atoms with Gasteiger partial charge in [-0.15, -0.1) is 0 Å². The summed E-state index contributed by atoms with van der Waals surface area (Å²) >= 11 is 0. The first-order valence-corrected chi connectivity index (χ1v) is 14.1. The normalized spacial score (nSPS) is 32.4. The van der Waals surface area contributed by atoms with E-state index in [-0.39, 0.29) is 23.6 Å². The Bertz CT molecular complexity index is 1250. The molecular formula is C29H37N3O5. The van der Waals surface area contributed by atoms with Crippen LogP contribution in [0.3, 0.4) is 0 Å². The molecule has 3 heterocycles. The Morgan fingerprint density at radius 2 is 1.46 bits per heavy atom. The van der Waals surface area contributed by atoms with Crippen LogP contribution < -0.4 is 0 Å². The van der Waals surface area contributed by atoms with Crippen molar-refractivity contribution in [3.05, 3.63) is 41.1 Å². The maximum absolute atomic E-state index is 11.1. The minimum Gasteiger partial charge on any atom is -0.494 e. The van der Waals surface area contributed by atoms with Gasteiger partial charge in [-0.05, 0) is 69.2 Å². The molecule has 7 rings (SSSR count). The van der Waals surface area contributed by atoms with Gasteiger partial charge in [0.05, 0.1) is 17.9 Å². The van der Waals surface area contributed by atoms with Gasteiger partial charge in [0.25, 0.3) is 0 Å². The van der Waals surface area contributed by atoms with Gasteiger partial charge in [-0.1, -0.05) is 30.1 Å². The smallest absolute Gasteiger partial charge is 0.197 e. The largest absolute Gasteiger partial charge is 0.494 e. The van der Waals surface area contributed by atoms with Crippen molar-refractivity contribution in [3.8, 4) is 11.8 Å². The molecule has 2 bridgehead atoms. The van der Waals surface area contributed by atoms with Crippen LogP contribution >= 0.6 is 0 Å². The van der Waals surface area contributed by atoms with Gasteiger partial charge >= 0.3 is 0 Å². The summed E-state index contributed by atoms with van der Waals surface area (Å²) in [6.45, 7) is 3.72. The molecule has 4 N–H and O–H groups in total. The molecular weight excluding hydrogens is 470 g/mol. The molecule has 198 valence electrons. The molecule has 3 aliphatic carbocycles. The molecule has 0 radical (unpaired) electrons. The predicted octanol–water partition coefficient (Wildman–Crippen LogP) is 4.03. The van der Waals surface area contributed by atoms with Crippen molar-refractivity contribution in [2.24, 2.45) is 11.8 Å². The number of hydrogen-bond acceptors (Lipinski definition) is 7. The van der Waals surface area contributed by atoms with Crippen LogP contribution in [0.1, 0.15) is 79.5 Å². The lowest BCUT2D eigenvalue weighted by Crippen LogP contribution is -2.40. The fourth-order valence-electron chi connectivity index (χ4n) is 8.06. The van der Waals surface area contributed by atoms with Crippen LogP contribution in [0, 0.1) is 11.8 Å². The van der Waals surface area contributed by atoms with Gasteiger partial charge in [0, 0.05) is 47.4 Å². The van der Waals surface area contributed by atoms with Crippen molar-refractivity contribution in [2.45, 2.75) is 81.5 Å². The van der Waals surface area contributed by atoms with Crippen LogP contribution in [0.15, 0.2) is 28.8 Å². The molecule has 0 spiro atoms. The highest BCUT2D eigenvalue weighted by Crippen LogP contribution is 2.60. The number of para-hydroxylation sites is 1. The minimum absolute atomic E-state index is 0.0935. The van der Waals surface area contributed by atoms with Gasteiger partial charge in [0.15, 0.2) is 17.3 Å². The summed E-state index contributed by atoms with van der Waals surface area (Å²) in [4.78, 5) is 2.59. The number of benzene rings is 1. The summed E-state index contributed by atoms with van der Waals surface area (Å²) in [6.07, 6.45) is 5.69. The first-order valence-electron chi connectivity index (χ1n) is 14.1. The van der Waals surface area contributed by atoms with E-state index in [1.165, 1.54) is 19.3 Å². The second-order valence-corrected chi connectivity index (χ2v) is 12.0. The molecule has 1 saturated heterocycles. The molecule has 8 heteroatoms. The number of piperidine rings is 1. The molecule has 0 amide bonds. The highest BCUT2D eigenvalue weighted by Gasteiger charge is 2.54. The Kier molecular flexibility index (Phi) is 5.75. The first kappa shape index (κ1) is 23.6. The maximum Gasteiger partial charge on any atom is 0.197 e. The van der Waals surface area contributed by atoms with Crippen LogP contribution in [0.4, 0.5) is 0 Å². The minimum atomic E-state index is -0.862. The molecule has 4 unspecified atom stereocenters. The molecule has 3 aromatic rings. The quantitative estimate of drug-likeness (QED) is 0.412. The molecule has 8 nitrogen and oxygen atoms in total. The monoisotopic (exact) mass is 507 g/mol. The Balaban J connectivity index is 1.03. The average molecular weight is 508 g/mol.